The lowest BCUT2D eigenvalue weighted by Gasteiger charge is -2.20. The van der Waals surface area contributed by atoms with E-state index in [1.54, 1.807) is 6.08 Å². The van der Waals surface area contributed by atoms with Gasteiger partial charge in [-0.2, -0.15) is 0 Å². The molecule has 6 heteroatoms. The summed E-state index contributed by atoms with van der Waals surface area (Å²) in [5.74, 6) is -0.0610. The minimum Gasteiger partial charge on any atom is -0.466 e. The molecule has 0 aromatic carbocycles. The summed E-state index contributed by atoms with van der Waals surface area (Å²) in [6.45, 7) is 4.90. The molecule has 0 radical (unpaired) electrons. The Hall–Kier alpha value is -2.18. The minimum absolute atomic E-state index is 0.00186. The van der Waals surface area contributed by atoms with Gasteiger partial charge in [-0.05, 0) is 83.5 Å². The molecule has 85 heavy (non-hydrogen) atoms. The van der Waals surface area contributed by atoms with E-state index in [9.17, 15) is 19.8 Å². The van der Waals surface area contributed by atoms with Crippen LogP contribution in [0.3, 0.4) is 0 Å². The molecule has 0 aliphatic carbocycles. The Morgan fingerprint density at radius 2 is 0.600 bits per heavy atom. The Labute approximate surface area is 531 Å². The van der Waals surface area contributed by atoms with Gasteiger partial charge in [0, 0.05) is 12.8 Å². The first-order chi connectivity index (χ1) is 42.0. The van der Waals surface area contributed by atoms with Crippen molar-refractivity contribution < 1.29 is 24.5 Å². The predicted octanol–water partition coefficient (Wildman–Crippen LogP) is 25.2. The van der Waals surface area contributed by atoms with Crippen molar-refractivity contribution in [3.8, 4) is 0 Å². The average molecular weight is 1190 g/mol. The van der Waals surface area contributed by atoms with E-state index in [0.29, 0.717) is 19.4 Å². The average Bonchev–Trinajstić information content (AvgIpc) is 3.51. The van der Waals surface area contributed by atoms with E-state index < -0.39 is 12.1 Å². The molecule has 3 N–H and O–H groups in total. The quantitative estimate of drug-likeness (QED) is 0.0320. The van der Waals surface area contributed by atoms with Gasteiger partial charge in [-0.1, -0.05) is 371 Å². The molecule has 0 rings (SSSR count). The molecule has 0 saturated carbocycles. The Kier molecular flexibility index (Phi) is 72.4. The molecule has 0 aromatic rings. The van der Waals surface area contributed by atoms with Crippen LogP contribution in [-0.2, 0) is 14.3 Å². The number of hydrogen-bond donors (Lipinski definition) is 3. The van der Waals surface area contributed by atoms with Crippen molar-refractivity contribution in [3.63, 3.8) is 0 Å². The number of nitrogens with one attached hydrogen (secondary N) is 1. The summed E-state index contributed by atoms with van der Waals surface area (Å²) in [5, 5.41) is 23.3. The lowest BCUT2D eigenvalue weighted by molar-refractivity contribution is -0.143. The highest BCUT2D eigenvalue weighted by Crippen LogP contribution is 2.19. The van der Waals surface area contributed by atoms with E-state index in [2.05, 4.69) is 55.6 Å². The van der Waals surface area contributed by atoms with E-state index in [1.165, 1.54) is 340 Å². The molecular weight excluding hydrogens is 1040 g/mol. The van der Waals surface area contributed by atoms with Gasteiger partial charge in [0.25, 0.3) is 0 Å². The third-order valence-corrected chi connectivity index (χ3v) is 17.8. The summed E-state index contributed by atoms with van der Waals surface area (Å²) in [4.78, 5) is 24.6. The molecule has 0 aliphatic heterocycles. The van der Waals surface area contributed by atoms with E-state index in [-0.39, 0.29) is 18.5 Å². The highest BCUT2D eigenvalue weighted by molar-refractivity contribution is 5.76. The molecule has 500 valence electrons. The van der Waals surface area contributed by atoms with Crippen LogP contribution in [0.5, 0.6) is 0 Å². The van der Waals surface area contributed by atoms with Crippen molar-refractivity contribution in [2.45, 2.75) is 431 Å². The summed E-state index contributed by atoms with van der Waals surface area (Å²) in [6, 6.07) is -0.630. The van der Waals surface area contributed by atoms with E-state index >= 15 is 0 Å². The molecular formula is C79H149NO5. The Morgan fingerprint density at radius 3 is 0.941 bits per heavy atom. The number of carbonyl (C=O) groups excluding carboxylic acids is 2. The molecule has 2 unspecified atom stereocenters. The number of rotatable bonds is 72. The number of ether oxygens (including phenoxy) is 1. The topological polar surface area (TPSA) is 95.9 Å². The van der Waals surface area contributed by atoms with Crippen LogP contribution in [0.25, 0.3) is 0 Å². The van der Waals surface area contributed by atoms with Gasteiger partial charge in [0.15, 0.2) is 0 Å². The van der Waals surface area contributed by atoms with Crippen molar-refractivity contribution in [2.24, 2.45) is 0 Å². The summed E-state index contributed by atoms with van der Waals surface area (Å²) in [6.07, 6.45) is 97.9. The van der Waals surface area contributed by atoms with Gasteiger partial charge in [-0.25, -0.2) is 0 Å². The molecule has 0 spiro atoms. The number of esters is 1. The van der Waals surface area contributed by atoms with Crippen molar-refractivity contribution in [1.29, 1.82) is 0 Å². The zero-order chi connectivity index (χ0) is 61.3. The second-order valence-corrected chi connectivity index (χ2v) is 26.3. The number of aliphatic hydroxyl groups is 2. The third kappa shape index (κ3) is 70.8. The van der Waals surface area contributed by atoms with Crippen molar-refractivity contribution >= 4 is 11.9 Å². The molecule has 0 aromatic heterocycles. The van der Waals surface area contributed by atoms with Gasteiger partial charge in [-0.15, -0.1) is 0 Å². The molecule has 0 aliphatic rings. The van der Waals surface area contributed by atoms with Crippen molar-refractivity contribution in [2.75, 3.05) is 13.2 Å². The standard InChI is InChI=1S/C79H149NO5/c1-3-5-7-9-11-13-15-17-19-20-21-22-23-29-32-35-38-41-44-47-51-55-59-63-67-71-77(82)76(75-81)80-78(83)72-68-64-60-56-52-48-45-42-39-36-33-30-27-25-24-26-28-31-34-37-40-43-46-50-54-58-62-66-70-74-85-79(84)73-69-65-61-57-53-49-18-16-14-12-10-8-6-4-2/h10,12,16,18,24,26,67,71,76-77,81-82H,3-9,11,13-15,17,19-23,25,27-66,68-70,72-75H2,1-2H3,(H,80,83)/b12-10-,18-16-,26-24-,71-67+. The highest BCUT2D eigenvalue weighted by atomic mass is 16.5. The van der Waals surface area contributed by atoms with Gasteiger partial charge in [0.1, 0.15) is 0 Å². The molecule has 0 fully saturated rings. The second-order valence-electron chi connectivity index (χ2n) is 26.3. The van der Waals surface area contributed by atoms with Gasteiger partial charge in [0.2, 0.25) is 5.91 Å². The smallest absolute Gasteiger partial charge is 0.305 e. The number of hydrogen-bond acceptors (Lipinski definition) is 5. The molecule has 0 heterocycles. The maximum absolute atomic E-state index is 12.6. The number of carbonyl (C=O) groups is 2. The summed E-state index contributed by atoms with van der Waals surface area (Å²) >= 11 is 0. The molecule has 0 bridgehead atoms. The maximum atomic E-state index is 12.6. The Morgan fingerprint density at radius 1 is 0.329 bits per heavy atom. The number of unbranched alkanes of at least 4 members (excludes halogenated alkanes) is 55. The first-order valence-electron chi connectivity index (χ1n) is 38.4. The monoisotopic (exact) mass is 1190 g/mol. The fourth-order valence-corrected chi connectivity index (χ4v) is 11.9. The fraction of sp³-hybridized carbons (Fsp3) is 0.873. The van der Waals surface area contributed by atoms with Crippen LogP contribution in [-0.4, -0.2) is 47.4 Å². The first kappa shape index (κ1) is 82.8. The molecule has 1 amide bonds. The van der Waals surface area contributed by atoms with E-state index in [1.807, 2.05) is 6.08 Å². The fourth-order valence-electron chi connectivity index (χ4n) is 11.9. The Balaban J connectivity index is 3.41. The maximum Gasteiger partial charge on any atom is 0.305 e. The van der Waals surface area contributed by atoms with E-state index in [4.69, 9.17) is 4.74 Å². The summed E-state index contributed by atoms with van der Waals surface area (Å²) < 4.78 is 5.48. The molecule has 0 saturated heterocycles. The van der Waals surface area contributed by atoms with Gasteiger partial charge < -0.3 is 20.3 Å². The van der Waals surface area contributed by atoms with Crippen LogP contribution in [0, 0.1) is 0 Å². The highest BCUT2D eigenvalue weighted by Gasteiger charge is 2.18. The number of allylic oxidation sites excluding steroid dienone is 7. The van der Waals surface area contributed by atoms with Crippen molar-refractivity contribution in [3.05, 3.63) is 48.6 Å². The van der Waals surface area contributed by atoms with Crippen molar-refractivity contribution in [1.82, 2.24) is 5.32 Å². The van der Waals surface area contributed by atoms with Gasteiger partial charge >= 0.3 is 5.97 Å². The zero-order valence-electron chi connectivity index (χ0n) is 57.4. The lowest BCUT2D eigenvalue weighted by atomic mass is 10.0. The number of amides is 1. The summed E-state index contributed by atoms with van der Waals surface area (Å²) in [7, 11) is 0. The van der Waals surface area contributed by atoms with E-state index in [0.717, 1.165) is 51.4 Å². The SMILES string of the molecule is CCCC/C=C\C/C=C\CCCCCCCC(=O)OCCCCCCCCCCCCCC/C=C\CCCCCCCCCCCCCCCC(=O)NC(CO)C(O)/C=C/CCCCCCCCCCCCCCCCCCCCCCCCC. The van der Waals surface area contributed by atoms with Crippen LogP contribution >= 0.6 is 0 Å². The summed E-state index contributed by atoms with van der Waals surface area (Å²) in [5.41, 5.74) is 0. The first-order valence-corrected chi connectivity index (χ1v) is 38.4. The normalized spacial score (nSPS) is 12.8. The van der Waals surface area contributed by atoms with Gasteiger partial charge in [0.05, 0.1) is 25.4 Å². The van der Waals surface area contributed by atoms with Crippen LogP contribution < -0.4 is 5.32 Å². The largest absolute Gasteiger partial charge is 0.466 e. The second kappa shape index (κ2) is 74.3. The van der Waals surface area contributed by atoms with Crippen LogP contribution in [0.1, 0.15) is 418 Å². The molecule has 2 atom stereocenters. The zero-order valence-corrected chi connectivity index (χ0v) is 57.4. The third-order valence-electron chi connectivity index (χ3n) is 17.8. The van der Waals surface area contributed by atoms with Crippen LogP contribution in [0.4, 0.5) is 0 Å². The predicted molar refractivity (Wildman–Crippen MR) is 375 cm³/mol. The minimum atomic E-state index is -0.846. The van der Waals surface area contributed by atoms with Crippen LogP contribution in [0.15, 0.2) is 48.6 Å². The Bertz CT molecular complexity index is 1420. The van der Waals surface area contributed by atoms with Gasteiger partial charge in [-0.3, -0.25) is 9.59 Å². The lowest BCUT2D eigenvalue weighted by Crippen LogP contribution is -2.45. The molecule has 6 nitrogen and oxygen atoms in total. The van der Waals surface area contributed by atoms with Crippen LogP contribution in [0.2, 0.25) is 0 Å². The number of aliphatic hydroxyl groups excluding tert-OH is 2.